The highest BCUT2D eigenvalue weighted by Gasteiger charge is 2.34. The maximum atomic E-state index is 12.4. The molecule has 0 saturated carbocycles. The fourth-order valence-corrected chi connectivity index (χ4v) is 3.39. The molecule has 1 fully saturated rings. The van der Waals surface area contributed by atoms with Crippen molar-refractivity contribution in [2.24, 2.45) is 0 Å². The van der Waals surface area contributed by atoms with Crippen LogP contribution in [0.25, 0.3) is 0 Å². The summed E-state index contributed by atoms with van der Waals surface area (Å²) in [5, 5.41) is 6.12. The first-order valence-electron chi connectivity index (χ1n) is 7.95. The van der Waals surface area contributed by atoms with Crippen LogP contribution in [0.2, 0.25) is 5.02 Å². The van der Waals surface area contributed by atoms with Crippen LogP contribution in [0.1, 0.15) is 24.4 Å². The van der Waals surface area contributed by atoms with E-state index in [0.29, 0.717) is 22.8 Å². The Morgan fingerprint density at radius 2 is 2.12 bits per heavy atom. The number of benzene rings is 1. The van der Waals surface area contributed by atoms with E-state index < -0.39 is 12.0 Å². The molecule has 1 aromatic rings. The van der Waals surface area contributed by atoms with Gasteiger partial charge in [-0.15, -0.1) is 0 Å². The number of amides is 2. The van der Waals surface area contributed by atoms with Crippen molar-refractivity contribution in [1.29, 1.82) is 0 Å². The number of hydrogen-bond donors (Lipinski definition) is 2. The summed E-state index contributed by atoms with van der Waals surface area (Å²) in [5.41, 5.74) is 1.76. The lowest BCUT2D eigenvalue weighted by Gasteiger charge is -2.31. The van der Waals surface area contributed by atoms with Gasteiger partial charge in [-0.05, 0) is 43.6 Å². The summed E-state index contributed by atoms with van der Waals surface area (Å²) >= 11 is 6.07. The number of hydrogen-bond acceptors (Lipinski definition) is 4. The first-order valence-corrected chi connectivity index (χ1v) is 8.33. The summed E-state index contributed by atoms with van der Waals surface area (Å²) in [6.45, 7) is 2.45. The Balaban J connectivity index is 2.01. The summed E-state index contributed by atoms with van der Waals surface area (Å²) in [7, 11) is 1.34. The van der Waals surface area contributed by atoms with E-state index in [1.54, 1.807) is 18.2 Å². The fourth-order valence-electron chi connectivity index (χ4n) is 3.19. The Bertz CT molecular complexity index is 683. The lowest BCUT2D eigenvalue weighted by Crippen LogP contribution is -2.48. The lowest BCUT2D eigenvalue weighted by atomic mass is 9.95. The van der Waals surface area contributed by atoms with E-state index >= 15 is 0 Å². The first-order chi connectivity index (χ1) is 11.6. The minimum atomic E-state index is -0.581. The minimum absolute atomic E-state index is 0.332. The van der Waals surface area contributed by atoms with E-state index in [2.05, 4.69) is 15.5 Å². The van der Waals surface area contributed by atoms with Crippen LogP contribution in [0.4, 0.5) is 4.79 Å². The highest BCUT2D eigenvalue weighted by Crippen LogP contribution is 2.29. The van der Waals surface area contributed by atoms with Crippen molar-refractivity contribution in [2.45, 2.75) is 18.9 Å². The standard InChI is InChI=1S/C17H20ClN3O3/c1-24-16(22)14-13(10-21-7-2-3-8-21)19-17(23)20-15(14)11-5-4-6-12(18)9-11/h4-6,9,15H,2-3,7-8,10H2,1H3,(H2,19,20,23). The predicted octanol–water partition coefficient (Wildman–Crippen LogP) is 2.22. The molecule has 1 saturated heterocycles. The van der Waals surface area contributed by atoms with Crippen LogP contribution in [0.5, 0.6) is 0 Å². The molecule has 0 radical (unpaired) electrons. The number of likely N-dealkylation sites (tertiary alicyclic amines) is 1. The molecule has 2 amide bonds. The SMILES string of the molecule is COC(=O)C1=C(CN2CCCC2)NC(=O)NC1c1cccc(Cl)c1. The Morgan fingerprint density at radius 1 is 1.38 bits per heavy atom. The molecule has 2 aliphatic rings. The van der Waals surface area contributed by atoms with Crippen molar-refractivity contribution in [2.75, 3.05) is 26.7 Å². The zero-order chi connectivity index (χ0) is 17.1. The smallest absolute Gasteiger partial charge is 0.338 e. The normalized spacial score (nSPS) is 21.4. The van der Waals surface area contributed by atoms with Crippen molar-refractivity contribution in [3.05, 3.63) is 46.1 Å². The molecule has 7 heteroatoms. The third kappa shape index (κ3) is 3.55. The monoisotopic (exact) mass is 349 g/mol. The molecule has 0 aliphatic carbocycles. The average molecular weight is 350 g/mol. The summed E-state index contributed by atoms with van der Waals surface area (Å²) < 4.78 is 4.96. The zero-order valence-corrected chi connectivity index (χ0v) is 14.2. The number of ether oxygens (including phenoxy) is 1. The van der Waals surface area contributed by atoms with Gasteiger partial charge in [0, 0.05) is 17.3 Å². The van der Waals surface area contributed by atoms with Gasteiger partial charge in [0.1, 0.15) is 0 Å². The second kappa shape index (κ2) is 7.23. The number of rotatable bonds is 4. The van der Waals surface area contributed by atoms with Gasteiger partial charge in [-0.2, -0.15) is 0 Å². The number of carbonyl (C=O) groups excluding carboxylic acids is 2. The average Bonchev–Trinajstić information content (AvgIpc) is 3.06. The zero-order valence-electron chi connectivity index (χ0n) is 13.5. The highest BCUT2D eigenvalue weighted by molar-refractivity contribution is 6.30. The lowest BCUT2D eigenvalue weighted by molar-refractivity contribution is -0.136. The summed E-state index contributed by atoms with van der Waals surface area (Å²) in [5.74, 6) is -0.457. The number of esters is 1. The summed E-state index contributed by atoms with van der Waals surface area (Å²) in [6.07, 6.45) is 2.26. The second-order valence-electron chi connectivity index (χ2n) is 5.95. The molecule has 24 heavy (non-hydrogen) atoms. The van der Waals surface area contributed by atoms with Crippen molar-refractivity contribution < 1.29 is 14.3 Å². The van der Waals surface area contributed by atoms with Gasteiger partial charge in [-0.1, -0.05) is 23.7 Å². The van der Waals surface area contributed by atoms with Crippen LogP contribution in [0.15, 0.2) is 35.5 Å². The molecule has 2 heterocycles. The van der Waals surface area contributed by atoms with E-state index in [9.17, 15) is 9.59 Å². The third-order valence-corrected chi connectivity index (χ3v) is 4.56. The molecule has 2 aliphatic heterocycles. The van der Waals surface area contributed by atoms with Gasteiger partial charge in [-0.3, -0.25) is 4.90 Å². The van der Waals surface area contributed by atoms with Gasteiger partial charge < -0.3 is 15.4 Å². The van der Waals surface area contributed by atoms with Crippen molar-refractivity contribution in [1.82, 2.24) is 15.5 Å². The molecule has 2 N–H and O–H groups in total. The molecular weight excluding hydrogens is 330 g/mol. The van der Waals surface area contributed by atoms with Gasteiger partial charge in [0.2, 0.25) is 0 Å². The quantitative estimate of drug-likeness (QED) is 0.818. The largest absolute Gasteiger partial charge is 0.466 e. The Kier molecular flexibility index (Phi) is 5.06. The first kappa shape index (κ1) is 16.8. The number of urea groups is 1. The Hall–Kier alpha value is -2.05. The third-order valence-electron chi connectivity index (χ3n) is 4.32. The van der Waals surface area contributed by atoms with Crippen molar-refractivity contribution >= 4 is 23.6 Å². The van der Waals surface area contributed by atoms with Crippen LogP contribution in [-0.4, -0.2) is 43.6 Å². The molecule has 0 bridgehead atoms. The fraction of sp³-hybridized carbons (Fsp3) is 0.412. The van der Waals surface area contributed by atoms with E-state index in [0.717, 1.165) is 31.5 Å². The van der Waals surface area contributed by atoms with E-state index in [4.69, 9.17) is 16.3 Å². The van der Waals surface area contributed by atoms with Crippen molar-refractivity contribution in [3.8, 4) is 0 Å². The van der Waals surface area contributed by atoms with Gasteiger partial charge in [-0.25, -0.2) is 9.59 Å². The van der Waals surface area contributed by atoms with Gasteiger partial charge in [0.15, 0.2) is 0 Å². The molecule has 128 valence electrons. The number of nitrogens with zero attached hydrogens (tertiary/aromatic N) is 1. The summed E-state index contributed by atoms with van der Waals surface area (Å²) in [4.78, 5) is 26.7. The molecule has 3 rings (SSSR count). The number of nitrogens with one attached hydrogen (secondary N) is 2. The molecule has 1 atom stereocenters. The molecule has 1 aromatic carbocycles. The van der Waals surface area contributed by atoms with E-state index in [-0.39, 0.29) is 6.03 Å². The minimum Gasteiger partial charge on any atom is -0.466 e. The predicted molar refractivity (Wildman–Crippen MR) is 90.6 cm³/mol. The van der Waals surface area contributed by atoms with Crippen LogP contribution in [0.3, 0.4) is 0 Å². The van der Waals surface area contributed by atoms with Gasteiger partial charge in [0.05, 0.1) is 18.7 Å². The number of carbonyl (C=O) groups is 2. The number of halogens is 1. The topological polar surface area (TPSA) is 70.7 Å². The van der Waals surface area contributed by atoms with Crippen LogP contribution < -0.4 is 10.6 Å². The number of methoxy groups -OCH3 is 1. The highest BCUT2D eigenvalue weighted by atomic mass is 35.5. The van der Waals surface area contributed by atoms with Gasteiger partial charge in [0.25, 0.3) is 0 Å². The molecular formula is C17H20ClN3O3. The van der Waals surface area contributed by atoms with Gasteiger partial charge >= 0.3 is 12.0 Å². The molecule has 6 nitrogen and oxygen atoms in total. The van der Waals surface area contributed by atoms with Crippen LogP contribution in [-0.2, 0) is 9.53 Å². The van der Waals surface area contributed by atoms with Crippen LogP contribution in [0, 0.1) is 0 Å². The van der Waals surface area contributed by atoms with E-state index in [1.165, 1.54) is 7.11 Å². The maximum absolute atomic E-state index is 12.4. The maximum Gasteiger partial charge on any atom is 0.338 e. The second-order valence-corrected chi connectivity index (χ2v) is 6.39. The Labute approximate surface area is 145 Å². The molecule has 0 spiro atoms. The Morgan fingerprint density at radius 3 is 2.79 bits per heavy atom. The van der Waals surface area contributed by atoms with Crippen molar-refractivity contribution in [3.63, 3.8) is 0 Å². The van der Waals surface area contributed by atoms with E-state index in [1.807, 2.05) is 6.07 Å². The summed E-state index contributed by atoms with van der Waals surface area (Å²) in [6, 6.07) is 6.21. The van der Waals surface area contributed by atoms with Crippen LogP contribution >= 0.6 is 11.6 Å². The molecule has 0 aromatic heterocycles. The molecule has 1 unspecified atom stereocenters.